The van der Waals surface area contributed by atoms with Gasteiger partial charge in [0.1, 0.15) is 5.75 Å². The summed E-state index contributed by atoms with van der Waals surface area (Å²) in [5, 5.41) is 2.42. The third-order valence-electron chi connectivity index (χ3n) is 1.98. The van der Waals surface area contributed by atoms with E-state index < -0.39 is 0 Å². The summed E-state index contributed by atoms with van der Waals surface area (Å²) in [5.74, 6) is 1.96. The van der Waals surface area contributed by atoms with Crippen LogP contribution in [0.2, 0.25) is 0 Å². The van der Waals surface area contributed by atoms with Crippen molar-refractivity contribution in [2.45, 2.75) is 0 Å². The van der Waals surface area contributed by atoms with Crippen molar-refractivity contribution in [1.82, 2.24) is 4.98 Å². The number of nitrogens with zero attached hydrogens (tertiary/aromatic N) is 1. The molecule has 0 saturated carbocycles. The van der Waals surface area contributed by atoms with E-state index in [1.54, 1.807) is 32.5 Å². The lowest BCUT2D eigenvalue weighted by molar-refractivity contribution is 0.370. The first-order valence-corrected chi connectivity index (χ1v) is 5.51. The predicted octanol–water partition coefficient (Wildman–Crippen LogP) is 2.95. The number of rotatable bonds is 4. The Hall–Kier alpha value is -1.75. The van der Waals surface area contributed by atoms with E-state index in [0.717, 1.165) is 0 Å². The van der Waals surface area contributed by atoms with Gasteiger partial charge in [-0.05, 0) is 12.1 Å². The third kappa shape index (κ3) is 2.25. The molecule has 0 saturated heterocycles. The molecule has 0 atom stereocenters. The zero-order valence-corrected chi connectivity index (χ0v) is 9.78. The smallest absolute Gasteiger partial charge is 0.278 e. The molecule has 0 unspecified atom stereocenters. The molecule has 0 amide bonds. The second kappa shape index (κ2) is 4.85. The van der Waals surface area contributed by atoms with Crippen molar-refractivity contribution in [3.63, 3.8) is 0 Å². The van der Waals surface area contributed by atoms with Crippen molar-refractivity contribution in [2.24, 2.45) is 0 Å². The number of aromatic nitrogens is 1. The van der Waals surface area contributed by atoms with Gasteiger partial charge in [0.15, 0.2) is 11.5 Å². The highest BCUT2D eigenvalue weighted by atomic mass is 32.1. The Kier molecular flexibility index (Phi) is 3.26. The van der Waals surface area contributed by atoms with E-state index in [2.05, 4.69) is 4.98 Å². The molecule has 0 aliphatic heterocycles. The third-order valence-corrected chi connectivity index (χ3v) is 2.63. The number of methoxy groups -OCH3 is 2. The fraction of sp³-hybridized carbons (Fsp3) is 0.182. The highest BCUT2D eigenvalue weighted by molar-refractivity contribution is 7.11. The number of ether oxygens (including phenoxy) is 3. The average molecular weight is 237 g/mol. The molecule has 1 heterocycles. The van der Waals surface area contributed by atoms with E-state index in [1.807, 2.05) is 11.4 Å². The summed E-state index contributed by atoms with van der Waals surface area (Å²) in [7, 11) is 3.20. The van der Waals surface area contributed by atoms with E-state index in [-0.39, 0.29) is 0 Å². The maximum Gasteiger partial charge on any atom is 0.278 e. The molecule has 2 rings (SSSR count). The number of benzene rings is 1. The number of hydrogen-bond donors (Lipinski definition) is 0. The molecular formula is C11H11NO3S. The second-order valence-corrected chi connectivity index (χ2v) is 3.77. The number of hydrogen-bond acceptors (Lipinski definition) is 5. The Morgan fingerprint density at radius 2 is 2.00 bits per heavy atom. The molecule has 0 bridgehead atoms. The Balaban J connectivity index is 2.30. The van der Waals surface area contributed by atoms with Crippen LogP contribution in [0.1, 0.15) is 0 Å². The molecule has 84 valence electrons. The fourth-order valence-corrected chi connectivity index (χ4v) is 1.72. The predicted molar refractivity (Wildman–Crippen MR) is 61.7 cm³/mol. The first-order valence-electron chi connectivity index (χ1n) is 4.63. The number of thiazole rings is 1. The second-order valence-electron chi connectivity index (χ2n) is 2.92. The van der Waals surface area contributed by atoms with Gasteiger partial charge in [-0.3, -0.25) is 0 Å². The van der Waals surface area contributed by atoms with Crippen molar-refractivity contribution in [1.29, 1.82) is 0 Å². The molecule has 16 heavy (non-hydrogen) atoms. The van der Waals surface area contributed by atoms with Crippen LogP contribution in [0, 0.1) is 0 Å². The standard InChI is InChI=1S/C11H11NO3S/c1-13-8-3-4-9(14-2)10(7-8)15-11-12-5-6-16-11/h3-7H,1-2H3. The van der Waals surface area contributed by atoms with Crippen LogP contribution >= 0.6 is 11.3 Å². The Bertz CT molecular complexity index is 456. The van der Waals surface area contributed by atoms with Crippen LogP contribution in [0.15, 0.2) is 29.8 Å². The van der Waals surface area contributed by atoms with Crippen LogP contribution in [-0.4, -0.2) is 19.2 Å². The molecule has 0 aliphatic carbocycles. The molecule has 0 spiro atoms. The highest BCUT2D eigenvalue weighted by Crippen LogP contribution is 2.35. The van der Waals surface area contributed by atoms with Gasteiger partial charge in [0.05, 0.1) is 14.2 Å². The summed E-state index contributed by atoms with van der Waals surface area (Å²) in [6.45, 7) is 0. The van der Waals surface area contributed by atoms with Crippen molar-refractivity contribution >= 4 is 11.3 Å². The topological polar surface area (TPSA) is 40.6 Å². The first-order chi connectivity index (χ1) is 7.83. The van der Waals surface area contributed by atoms with E-state index in [9.17, 15) is 0 Å². The minimum Gasteiger partial charge on any atom is -0.497 e. The lowest BCUT2D eigenvalue weighted by Gasteiger charge is -2.09. The molecule has 2 aromatic rings. The van der Waals surface area contributed by atoms with Gasteiger partial charge in [0.25, 0.3) is 5.19 Å². The summed E-state index contributed by atoms with van der Waals surface area (Å²) in [6.07, 6.45) is 1.69. The van der Waals surface area contributed by atoms with Crippen LogP contribution in [0.25, 0.3) is 0 Å². The zero-order chi connectivity index (χ0) is 11.4. The van der Waals surface area contributed by atoms with E-state index in [1.165, 1.54) is 11.3 Å². The van der Waals surface area contributed by atoms with Gasteiger partial charge >= 0.3 is 0 Å². The molecule has 4 nitrogen and oxygen atoms in total. The van der Waals surface area contributed by atoms with E-state index >= 15 is 0 Å². The normalized spacial score (nSPS) is 9.88. The van der Waals surface area contributed by atoms with Gasteiger partial charge < -0.3 is 14.2 Å². The lowest BCUT2D eigenvalue weighted by Crippen LogP contribution is -1.91. The minimum atomic E-state index is 0.576. The first kappa shape index (κ1) is 10.8. The Labute approximate surface area is 97.4 Å². The molecule has 1 aromatic carbocycles. The van der Waals surface area contributed by atoms with Gasteiger partial charge in [-0.2, -0.15) is 0 Å². The van der Waals surface area contributed by atoms with E-state index in [4.69, 9.17) is 14.2 Å². The largest absolute Gasteiger partial charge is 0.497 e. The minimum absolute atomic E-state index is 0.576. The van der Waals surface area contributed by atoms with Crippen LogP contribution in [-0.2, 0) is 0 Å². The van der Waals surface area contributed by atoms with Gasteiger partial charge in [-0.1, -0.05) is 11.3 Å². The highest BCUT2D eigenvalue weighted by Gasteiger charge is 2.08. The summed E-state index contributed by atoms with van der Waals surface area (Å²) in [4.78, 5) is 4.04. The van der Waals surface area contributed by atoms with Gasteiger partial charge in [0.2, 0.25) is 0 Å². The quantitative estimate of drug-likeness (QED) is 0.819. The monoisotopic (exact) mass is 237 g/mol. The van der Waals surface area contributed by atoms with Crippen LogP contribution < -0.4 is 14.2 Å². The van der Waals surface area contributed by atoms with Gasteiger partial charge in [-0.15, -0.1) is 0 Å². The van der Waals surface area contributed by atoms with Crippen molar-refractivity contribution in [3.05, 3.63) is 29.8 Å². The van der Waals surface area contributed by atoms with Crippen LogP contribution in [0.5, 0.6) is 22.4 Å². The summed E-state index contributed by atoms with van der Waals surface area (Å²) < 4.78 is 15.9. The van der Waals surface area contributed by atoms with E-state index in [0.29, 0.717) is 22.4 Å². The molecular weight excluding hydrogens is 226 g/mol. The molecule has 5 heteroatoms. The SMILES string of the molecule is COc1ccc(OC)c(Oc2nccs2)c1. The molecule has 0 fully saturated rings. The molecule has 0 aliphatic rings. The maximum atomic E-state index is 5.59. The fourth-order valence-electron chi connectivity index (χ4n) is 1.22. The average Bonchev–Trinajstić information content (AvgIpc) is 2.82. The van der Waals surface area contributed by atoms with Gasteiger partial charge in [-0.25, -0.2) is 4.98 Å². The summed E-state index contributed by atoms with van der Waals surface area (Å²) in [6, 6.07) is 5.37. The summed E-state index contributed by atoms with van der Waals surface area (Å²) >= 11 is 1.42. The van der Waals surface area contributed by atoms with Crippen LogP contribution in [0.3, 0.4) is 0 Å². The summed E-state index contributed by atoms with van der Waals surface area (Å²) in [5.41, 5.74) is 0. The Morgan fingerprint density at radius 3 is 2.62 bits per heavy atom. The molecule has 1 aromatic heterocycles. The van der Waals surface area contributed by atoms with Gasteiger partial charge in [0, 0.05) is 17.6 Å². The van der Waals surface area contributed by atoms with Crippen LogP contribution in [0.4, 0.5) is 0 Å². The molecule has 0 radical (unpaired) electrons. The lowest BCUT2D eigenvalue weighted by atomic mass is 10.3. The van der Waals surface area contributed by atoms with Crippen molar-refractivity contribution in [2.75, 3.05) is 14.2 Å². The molecule has 0 N–H and O–H groups in total. The van der Waals surface area contributed by atoms with Crippen molar-refractivity contribution < 1.29 is 14.2 Å². The Morgan fingerprint density at radius 1 is 1.12 bits per heavy atom. The maximum absolute atomic E-state index is 5.59. The van der Waals surface area contributed by atoms with Crippen molar-refractivity contribution in [3.8, 4) is 22.4 Å². The zero-order valence-electron chi connectivity index (χ0n) is 8.97.